The highest BCUT2D eigenvalue weighted by Gasteiger charge is 1.70. The fraction of sp³-hybridized carbons (Fsp3) is 1.00. The summed E-state index contributed by atoms with van der Waals surface area (Å²) < 4.78 is 22.3. The van der Waals surface area contributed by atoms with Crippen molar-refractivity contribution in [3.63, 3.8) is 0 Å². The Morgan fingerprint density at radius 2 is 2.50 bits per heavy atom. The Hall–Kier alpha value is 0.0300. The second-order valence-electron chi connectivity index (χ2n) is 0.489. The lowest BCUT2D eigenvalue weighted by Gasteiger charge is -1.98. The van der Waals surface area contributed by atoms with Gasteiger partial charge in [-0.2, -0.15) is 0 Å². The predicted octanol–water partition coefficient (Wildman–Crippen LogP) is -1.29. The highest BCUT2D eigenvalue weighted by molar-refractivity contribution is 7.74. The van der Waals surface area contributed by atoms with Crippen LogP contribution in [0.15, 0.2) is 0 Å². The molecule has 0 heterocycles. The smallest absolute Gasteiger partial charge is 0.110 e. The highest BCUT2D eigenvalue weighted by atomic mass is 32.2. The summed E-state index contributed by atoms with van der Waals surface area (Å²) in [5.41, 5.74) is 4.61. The van der Waals surface area contributed by atoms with Crippen molar-refractivity contribution in [1.82, 2.24) is 0 Å². The van der Waals surface area contributed by atoms with Gasteiger partial charge in [-0.25, -0.2) is 4.21 Å². The van der Waals surface area contributed by atoms with Crippen molar-refractivity contribution in [3.05, 3.63) is 0 Å². The zero-order valence-corrected chi connectivity index (χ0v) is 3.73. The number of rotatable bonds is 2. The molecule has 5 heteroatoms. The first-order valence-corrected chi connectivity index (χ1v) is 2.20. The zero-order chi connectivity index (χ0) is 4.99. The van der Waals surface area contributed by atoms with Crippen molar-refractivity contribution in [2.75, 3.05) is 6.73 Å². The van der Waals surface area contributed by atoms with Crippen molar-refractivity contribution < 1.29 is 12.9 Å². The Morgan fingerprint density at radius 1 is 2.00 bits per heavy atom. The number of hydrogen-bond donors (Lipinski definition) is 1. The fourth-order valence-corrected chi connectivity index (χ4v) is 0.167. The largest absolute Gasteiger partial charge is 0.750 e. The second kappa shape index (κ2) is 3.23. The molecule has 6 heavy (non-hydrogen) atoms. The van der Waals surface area contributed by atoms with E-state index in [1.54, 1.807) is 0 Å². The van der Waals surface area contributed by atoms with Crippen LogP contribution < -0.4 is 5.73 Å². The maximum absolute atomic E-state index is 9.30. The number of hydrogen-bond acceptors (Lipinski definition) is 4. The Balaban J connectivity index is 2.83. The second-order valence-corrected chi connectivity index (χ2v) is 1.13. The van der Waals surface area contributed by atoms with Gasteiger partial charge in [0.1, 0.15) is 6.73 Å². The summed E-state index contributed by atoms with van der Waals surface area (Å²) in [7, 11) is 0. The molecular formula is CH4NO3S-. The summed E-state index contributed by atoms with van der Waals surface area (Å²) in [6.07, 6.45) is 0. The molecule has 38 valence electrons. The molecule has 0 saturated heterocycles. The summed E-state index contributed by atoms with van der Waals surface area (Å²) in [4.78, 5) is 0. The lowest BCUT2D eigenvalue weighted by Crippen LogP contribution is -2.05. The van der Waals surface area contributed by atoms with Gasteiger partial charge in [-0.15, -0.1) is 0 Å². The van der Waals surface area contributed by atoms with Gasteiger partial charge in [-0.05, 0) is 0 Å². The van der Waals surface area contributed by atoms with Crippen LogP contribution in [0.25, 0.3) is 0 Å². The van der Waals surface area contributed by atoms with Crippen molar-refractivity contribution >= 4 is 11.4 Å². The molecule has 0 fully saturated rings. The average molecular weight is 110 g/mol. The molecule has 0 bridgehead atoms. The van der Waals surface area contributed by atoms with Crippen LogP contribution in [0.5, 0.6) is 0 Å². The van der Waals surface area contributed by atoms with Gasteiger partial charge in [-0.1, -0.05) is 0 Å². The van der Waals surface area contributed by atoms with E-state index in [0.29, 0.717) is 0 Å². The third-order valence-corrected chi connectivity index (χ3v) is 0.493. The third kappa shape index (κ3) is 4.03. The summed E-state index contributed by atoms with van der Waals surface area (Å²) in [5.74, 6) is 0. The van der Waals surface area contributed by atoms with Crippen LogP contribution in [0.3, 0.4) is 0 Å². The van der Waals surface area contributed by atoms with Crippen LogP contribution in [-0.4, -0.2) is 15.5 Å². The van der Waals surface area contributed by atoms with E-state index in [9.17, 15) is 8.76 Å². The van der Waals surface area contributed by atoms with E-state index in [0.717, 1.165) is 0 Å². The Kier molecular flexibility index (Phi) is 3.24. The van der Waals surface area contributed by atoms with Crippen LogP contribution in [0.1, 0.15) is 0 Å². The lowest BCUT2D eigenvalue weighted by molar-refractivity contribution is 0.310. The maximum Gasteiger partial charge on any atom is 0.110 e. The van der Waals surface area contributed by atoms with Crippen LogP contribution in [0.4, 0.5) is 0 Å². The van der Waals surface area contributed by atoms with Gasteiger partial charge in [0.05, 0.1) is 11.4 Å². The SMILES string of the molecule is NCOS(=O)[O-]. The number of nitrogens with two attached hydrogens (primary N) is 1. The van der Waals surface area contributed by atoms with Crippen molar-refractivity contribution in [2.24, 2.45) is 5.73 Å². The van der Waals surface area contributed by atoms with E-state index in [1.807, 2.05) is 0 Å². The standard InChI is InChI=1S/CH5NO3S/c2-1-5-6(3)4/h1-2H2,(H,3,4)/p-1. The molecule has 0 radical (unpaired) electrons. The molecule has 0 aromatic rings. The first kappa shape index (κ1) is 6.03. The Labute approximate surface area is 37.8 Å². The predicted molar refractivity (Wildman–Crippen MR) is 19.1 cm³/mol. The van der Waals surface area contributed by atoms with Crippen LogP contribution in [-0.2, 0) is 15.5 Å². The Morgan fingerprint density at radius 3 is 2.50 bits per heavy atom. The molecule has 0 spiro atoms. The van der Waals surface area contributed by atoms with Gasteiger partial charge >= 0.3 is 0 Å². The van der Waals surface area contributed by atoms with E-state index in [1.165, 1.54) is 0 Å². The molecule has 0 aromatic heterocycles. The molecule has 0 aliphatic heterocycles. The topological polar surface area (TPSA) is 75.4 Å². The van der Waals surface area contributed by atoms with Crippen molar-refractivity contribution in [1.29, 1.82) is 0 Å². The van der Waals surface area contributed by atoms with Gasteiger partial charge in [0.2, 0.25) is 0 Å². The molecule has 0 rings (SSSR count). The molecule has 1 unspecified atom stereocenters. The molecular weight excluding hydrogens is 106 g/mol. The zero-order valence-electron chi connectivity index (χ0n) is 2.92. The lowest BCUT2D eigenvalue weighted by atomic mass is 11.4. The van der Waals surface area contributed by atoms with Gasteiger partial charge in [0.25, 0.3) is 0 Å². The van der Waals surface area contributed by atoms with Crippen molar-refractivity contribution in [3.8, 4) is 0 Å². The first-order valence-electron chi connectivity index (χ1n) is 1.20. The molecule has 0 aromatic carbocycles. The fourth-order valence-electron chi connectivity index (χ4n) is 0.0556. The summed E-state index contributed by atoms with van der Waals surface area (Å²) in [6.45, 7) is -0.282. The molecule has 2 N–H and O–H groups in total. The quantitative estimate of drug-likeness (QED) is 0.354. The minimum absolute atomic E-state index is 0.282. The van der Waals surface area contributed by atoms with Crippen LogP contribution in [0.2, 0.25) is 0 Å². The normalized spacial score (nSPS) is 14.3. The maximum atomic E-state index is 9.30. The molecule has 4 nitrogen and oxygen atoms in total. The highest BCUT2D eigenvalue weighted by Crippen LogP contribution is 1.68. The average Bonchev–Trinajstić information content (AvgIpc) is 1.35. The van der Waals surface area contributed by atoms with Gasteiger partial charge < -0.3 is 10.3 Å². The summed E-state index contributed by atoms with van der Waals surface area (Å²) in [6, 6.07) is 0. The van der Waals surface area contributed by atoms with Gasteiger partial charge in [-0.3, -0.25) is 4.18 Å². The van der Waals surface area contributed by atoms with E-state index >= 15 is 0 Å². The van der Waals surface area contributed by atoms with E-state index in [-0.39, 0.29) is 6.73 Å². The molecule has 0 aliphatic carbocycles. The summed E-state index contributed by atoms with van der Waals surface area (Å²) in [5, 5.41) is 0. The monoisotopic (exact) mass is 110 g/mol. The summed E-state index contributed by atoms with van der Waals surface area (Å²) >= 11 is -2.44. The first-order chi connectivity index (χ1) is 2.77. The molecule has 0 aliphatic rings. The van der Waals surface area contributed by atoms with E-state index in [2.05, 4.69) is 9.92 Å². The minimum atomic E-state index is -2.44. The van der Waals surface area contributed by atoms with Gasteiger partial charge in [0.15, 0.2) is 0 Å². The molecule has 1 atom stereocenters. The molecule has 0 saturated carbocycles. The van der Waals surface area contributed by atoms with Crippen LogP contribution in [0, 0.1) is 0 Å². The molecule has 0 amide bonds. The van der Waals surface area contributed by atoms with Crippen LogP contribution >= 0.6 is 0 Å². The minimum Gasteiger partial charge on any atom is -0.750 e. The Bertz CT molecular complexity index is 54.8. The van der Waals surface area contributed by atoms with Gasteiger partial charge in [0, 0.05) is 0 Å². The third-order valence-electron chi connectivity index (χ3n) is 0.164. The van der Waals surface area contributed by atoms with Crippen molar-refractivity contribution in [2.45, 2.75) is 0 Å². The van der Waals surface area contributed by atoms with E-state index in [4.69, 9.17) is 0 Å². The van der Waals surface area contributed by atoms with E-state index < -0.39 is 11.4 Å².